The number of fused-ring (bicyclic) bond motifs is 1. The number of aromatic hydroxyl groups is 1. The third-order valence-corrected chi connectivity index (χ3v) is 4.19. The zero-order chi connectivity index (χ0) is 22.6. The maximum Gasteiger partial charge on any atom is 0.335 e. The molecule has 156 valence electrons. The van der Waals surface area contributed by atoms with Crippen molar-refractivity contribution < 1.29 is 44.4 Å². The second-order valence-corrected chi connectivity index (χ2v) is 6.40. The molecule has 30 heavy (non-hydrogen) atoms. The normalized spacial score (nSPS) is 11.8. The van der Waals surface area contributed by atoms with E-state index >= 15 is 0 Å². The molecule has 0 bridgehead atoms. The molecule has 3 rings (SSSR count). The lowest BCUT2D eigenvalue weighted by Crippen LogP contribution is -2.12. The van der Waals surface area contributed by atoms with Crippen molar-refractivity contribution >= 4 is 35.3 Å². The van der Waals surface area contributed by atoms with Crippen LogP contribution in [0.3, 0.4) is 0 Å². The summed E-state index contributed by atoms with van der Waals surface area (Å²) in [6.07, 6.45) is -0.466. The number of Topliss-reactive ketones (excluding diaryl/α,β-unsaturated/α-hetero) is 1. The van der Waals surface area contributed by atoms with Gasteiger partial charge in [0.1, 0.15) is 5.75 Å². The second kappa shape index (κ2) is 8.86. The average Bonchev–Trinajstić information content (AvgIpc) is 2.93. The van der Waals surface area contributed by atoms with Crippen molar-refractivity contribution in [2.45, 2.75) is 19.8 Å². The highest BCUT2D eigenvalue weighted by atomic mass is 16.4. The standard InChI is InChI=1S/C11H12O5.C9H5NO4/c1-6-2-8(5-11(15)16)9(12)3-7(6)4-10(13)14;11-7-5-3-4(9(13)14)1-2-6(5)10-8(7)12/h2-3,12H,4-5H2,1H3,(H,13,14)(H,15,16);1-3H,(H,13,14)(H,10,11,12). The molecule has 1 aliphatic heterocycles. The third-order valence-electron chi connectivity index (χ3n) is 4.19. The number of phenolic OH excluding ortho intramolecular Hbond substituents is 1. The van der Waals surface area contributed by atoms with E-state index in [1.165, 1.54) is 30.3 Å². The molecule has 2 aromatic carbocycles. The van der Waals surface area contributed by atoms with E-state index in [9.17, 15) is 29.1 Å². The number of aromatic carboxylic acids is 1. The van der Waals surface area contributed by atoms with E-state index in [4.69, 9.17) is 15.3 Å². The number of aliphatic carboxylic acids is 2. The number of carboxylic acids is 3. The first kappa shape index (κ1) is 22.1. The summed E-state index contributed by atoms with van der Waals surface area (Å²) in [6.45, 7) is 1.68. The van der Waals surface area contributed by atoms with Crippen LogP contribution < -0.4 is 5.32 Å². The molecule has 1 heterocycles. The molecule has 0 radical (unpaired) electrons. The predicted molar refractivity (Wildman–Crippen MR) is 102 cm³/mol. The summed E-state index contributed by atoms with van der Waals surface area (Å²) < 4.78 is 0. The molecule has 10 nitrogen and oxygen atoms in total. The van der Waals surface area contributed by atoms with Gasteiger partial charge in [-0.2, -0.15) is 0 Å². The Labute approximate surface area is 169 Å². The van der Waals surface area contributed by atoms with E-state index in [2.05, 4.69) is 5.32 Å². The van der Waals surface area contributed by atoms with Crippen molar-refractivity contribution in [2.24, 2.45) is 0 Å². The maximum absolute atomic E-state index is 11.2. The minimum Gasteiger partial charge on any atom is -0.508 e. The minimum absolute atomic E-state index is 0.00593. The molecule has 0 saturated heterocycles. The fraction of sp³-hybridized carbons (Fsp3) is 0.150. The lowest BCUT2D eigenvalue weighted by atomic mass is 10.00. The molecule has 0 saturated carbocycles. The van der Waals surface area contributed by atoms with Crippen LogP contribution in [-0.4, -0.2) is 50.0 Å². The fourth-order valence-electron chi connectivity index (χ4n) is 2.73. The van der Waals surface area contributed by atoms with E-state index in [0.717, 1.165) is 0 Å². The van der Waals surface area contributed by atoms with E-state index in [0.29, 0.717) is 22.4 Å². The molecule has 2 aromatic rings. The molecule has 0 unspecified atom stereocenters. The number of amides is 1. The summed E-state index contributed by atoms with van der Waals surface area (Å²) in [4.78, 5) is 53.7. The fourth-order valence-corrected chi connectivity index (χ4v) is 2.73. The van der Waals surface area contributed by atoms with Crippen LogP contribution in [0.5, 0.6) is 5.75 Å². The summed E-state index contributed by atoms with van der Waals surface area (Å²) >= 11 is 0. The van der Waals surface area contributed by atoms with Crippen molar-refractivity contribution in [1.82, 2.24) is 0 Å². The molecular formula is C20H17NO9. The zero-order valence-corrected chi connectivity index (χ0v) is 15.6. The highest BCUT2D eigenvalue weighted by Crippen LogP contribution is 2.24. The Morgan fingerprint density at radius 2 is 1.50 bits per heavy atom. The number of nitrogens with one attached hydrogen (secondary N) is 1. The molecule has 1 aliphatic rings. The van der Waals surface area contributed by atoms with Gasteiger partial charge in [-0.3, -0.25) is 19.2 Å². The Balaban J connectivity index is 0.000000215. The molecular weight excluding hydrogens is 398 g/mol. The smallest absolute Gasteiger partial charge is 0.335 e. The Kier molecular flexibility index (Phi) is 6.52. The summed E-state index contributed by atoms with van der Waals surface area (Å²) in [5, 5.41) is 37.7. The predicted octanol–water partition coefficient (Wildman–Crippen LogP) is 1.47. The second-order valence-electron chi connectivity index (χ2n) is 6.40. The molecule has 1 amide bonds. The van der Waals surface area contributed by atoms with E-state index < -0.39 is 29.6 Å². The van der Waals surface area contributed by atoms with Gasteiger partial charge in [0.2, 0.25) is 0 Å². The van der Waals surface area contributed by atoms with Gasteiger partial charge in [-0.25, -0.2) is 4.79 Å². The number of carbonyl (C=O) groups is 5. The summed E-state index contributed by atoms with van der Waals surface area (Å²) in [6, 6.07) is 6.74. The highest BCUT2D eigenvalue weighted by molar-refractivity contribution is 6.51. The highest BCUT2D eigenvalue weighted by Gasteiger charge is 2.28. The van der Waals surface area contributed by atoms with Crippen molar-refractivity contribution in [2.75, 3.05) is 5.32 Å². The molecule has 0 aromatic heterocycles. The van der Waals surface area contributed by atoms with Gasteiger partial charge in [-0.15, -0.1) is 0 Å². The summed E-state index contributed by atoms with van der Waals surface area (Å²) in [5.41, 5.74) is 1.92. The topological polar surface area (TPSA) is 178 Å². The number of hydrogen-bond donors (Lipinski definition) is 5. The number of rotatable bonds is 5. The van der Waals surface area contributed by atoms with Crippen molar-refractivity contribution in [3.63, 3.8) is 0 Å². The molecule has 10 heteroatoms. The Bertz CT molecular complexity index is 1030. The average molecular weight is 415 g/mol. The lowest BCUT2D eigenvalue weighted by molar-refractivity contribution is -0.137. The number of benzene rings is 2. The quantitative estimate of drug-likeness (QED) is 0.452. The van der Waals surface area contributed by atoms with Gasteiger partial charge in [0, 0.05) is 5.56 Å². The Morgan fingerprint density at radius 3 is 2.07 bits per heavy atom. The minimum atomic E-state index is -1.13. The number of anilines is 1. The van der Waals surface area contributed by atoms with Gasteiger partial charge < -0.3 is 25.7 Å². The van der Waals surface area contributed by atoms with Crippen molar-refractivity contribution in [1.29, 1.82) is 0 Å². The van der Waals surface area contributed by atoms with E-state index in [1.807, 2.05) is 0 Å². The van der Waals surface area contributed by atoms with Gasteiger partial charge in [0.15, 0.2) is 0 Å². The molecule has 5 N–H and O–H groups in total. The van der Waals surface area contributed by atoms with Gasteiger partial charge >= 0.3 is 17.9 Å². The summed E-state index contributed by atoms with van der Waals surface area (Å²) in [7, 11) is 0. The van der Waals surface area contributed by atoms with Crippen LogP contribution in [0.4, 0.5) is 5.69 Å². The third kappa shape index (κ3) is 5.19. The van der Waals surface area contributed by atoms with E-state index in [-0.39, 0.29) is 29.7 Å². The van der Waals surface area contributed by atoms with Crippen LogP contribution in [0, 0.1) is 6.92 Å². The Hall–Kier alpha value is -4.21. The molecule has 0 fully saturated rings. The first-order valence-corrected chi connectivity index (χ1v) is 8.47. The first-order valence-electron chi connectivity index (χ1n) is 8.47. The number of carboxylic acid groups (broad SMARTS) is 3. The zero-order valence-electron chi connectivity index (χ0n) is 15.6. The van der Waals surface area contributed by atoms with Crippen LogP contribution in [0.2, 0.25) is 0 Å². The largest absolute Gasteiger partial charge is 0.508 e. The SMILES string of the molecule is Cc1cc(CC(=O)O)c(O)cc1CC(=O)O.O=C1Nc2ccc(C(=O)O)cc2C1=O. The van der Waals surface area contributed by atoms with Gasteiger partial charge in [0.05, 0.1) is 29.7 Å². The van der Waals surface area contributed by atoms with Crippen molar-refractivity contribution in [3.8, 4) is 5.75 Å². The first-order chi connectivity index (χ1) is 14.0. The van der Waals surface area contributed by atoms with Crippen LogP contribution in [0.15, 0.2) is 30.3 Å². The van der Waals surface area contributed by atoms with Crippen LogP contribution in [-0.2, 0) is 27.2 Å². The van der Waals surface area contributed by atoms with E-state index in [1.54, 1.807) is 6.92 Å². The monoisotopic (exact) mass is 415 g/mol. The van der Waals surface area contributed by atoms with Crippen LogP contribution in [0.25, 0.3) is 0 Å². The molecule has 0 atom stereocenters. The lowest BCUT2D eigenvalue weighted by Gasteiger charge is -2.08. The number of ketones is 1. The summed E-state index contributed by atoms with van der Waals surface area (Å²) in [5.74, 6) is -4.75. The number of hydrogen-bond acceptors (Lipinski definition) is 6. The Morgan fingerprint density at radius 1 is 0.900 bits per heavy atom. The van der Waals surface area contributed by atoms with Gasteiger partial charge in [0.25, 0.3) is 11.7 Å². The molecule has 0 aliphatic carbocycles. The molecule has 0 spiro atoms. The van der Waals surface area contributed by atoms with Crippen LogP contribution in [0.1, 0.15) is 37.4 Å². The van der Waals surface area contributed by atoms with Gasteiger partial charge in [-0.05, 0) is 42.3 Å². The van der Waals surface area contributed by atoms with Crippen LogP contribution >= 0.6 is 0 Å². The van der Waals surface area contributed by atoms with Crippen molar-refractivity contribution in [3.05, 3.63) is 58.1 Å². The number of carbonyl (C=O) groups excluding carboxylic acids is 2. The number of aryl methyl sites for hydroxylation is 1. The van der Waals surface area contributed by atoms with Gasteiger partial charge in [-0.1, -0.05) is 6.07 Å². The number of phenols is 1. The maximum atomic E-state index is 11.2.